The van der Waals surface area contributed by atoms with E-state index in [2.05, 4.69) is 32.6 Å². The fourth-order valence-corrected chi connectivity index (χ4v) is 9.40. The molecule has 0 heterocycles. The van der Waals surface area contributed by atoms with Crippen LogP contribution in [0.2, 0.25) is 0 Å². The lowest BCUT2D eigenvalue weighted by Crippen LogP contribution is -2.45. The minimum Gasteiger partial charge on any atom is -0.465 e. The van der Waals surface area contributed by atoms with Gasteiger partial charge in [0, 0.05) is 25.4 Å². The molecule has 0 radical (unpaired) electrons. The van der Waals surface area contributed by atoms with Crippen molar-refractivity contribution in [2.75, 3.05) is 46.0 Å². The number of amides is 1. The van der Waals surface area contributed by atoms with Crippen molar-refractivity contribution in [2.24, 2.45) is 11.8 Å². The number of aliphatic hydroxyl groups is 2. The molecule has 0 aromatic heterocycles. The Hall–Kier alpha value is -1.22. The van der Waals surface area contributed by atoms with Crippen LogP contribution >= 0.6 is 0 Å². The molecule has 0 spiro atoms. The Morgan fingerprint density at radius 1 is 0.508 bits per heavy atom. The van der Waals surface area contributed by atoms with Crippen molar-refractivity contribution in [3.8, 4) is 0 Å². The zero-order chi connectivity index (χ0) is 45.9. The lowest BCUT2D eigenvalue weighted by molar-refractivity contribution is -0.145. The molecular formula is C55H108N2O6. The summed E-state index contributed by atoms with van der Waals surface area (Å²) in [5.41, 5.74) is 0. The SMILES string of the molecule is CCCCCCCCC(CCCCCC)COC(=O)CCCCCN(CCCCCC(O)OCC(CCCCCC)CCCCCCCC)CCCCN(C(=O)CCO)C1CCC1. The monoisotopic (exact) mass is 893 g/mol. The van der Waals surface area contributed by atoms with Crippen LogP contribution in [-0.4, -0.2) is 90.2 Å². The van der Waals surface area contributed by atoms with Gasteiger partial charge in [0.05, 0.1) is 19.8 Å². The summed E-state index contributed by atoms with van der Waals surface area (Å²) in [6, 6.07) is 0.361. The number of hydrogen-bond acceptors (Lipinski definition) is 7. The van der Waals surface area contributed by atoms with E-state index in [1.54, 1.807) is 0 Å². The number of rotatable bonds is 49. The third-order valence-electron chi connectivity index (χ3n) is 13.9. The number of esters is 1. The van der Waals surface area contributed by atoms with Crippen molar-refractivity contribution in [3.63, 3.8) is 0 Å². The lowest BCUT2D eigenvalue weighted by atomic mass is 9.91. The Kier molecular flexibility index (Phi) is 42.3. The summed E-state index contributed by atoms with van der Waals surface area (Å²) in [4.78, 5) is 30.2. The van der Waals surface area contributed by atoms with Gasteiger partial charge in [-0.3, -0.25) is 9.59 Å². The highest BCUT2D eigenvalue weighted by atomic mass is 16.6. The second kappa shape index (κ2) is 44.6. The summed E-state index contributed by atoms with van der Waals surface area (Å²) in [6.45, 7) is 14.1. The van der Waals surface area contributed by atoms with E-state index in [1.807, 2.05) is 4.90 Å². The Labute approximate surface area is 391 Å². The van der Waals surface area contributed by atoms with Gasteiger partial charge in [-0.15, -0.1) is 0 Å². The largest absolute Gasteiger partial charge is 0.465 e. The van der Waals surface area contributed by atoms with E-state index in [1.165, 1.54) is 161 Å². The molecule has 0 aliphatic heterocycles. The summed E-state index contributed by atoms with van der Waals surface area (Å²) in [7, 11) is 0. The summed E-state index contributed by atoms with van der Waals surface area (Å²) in [5.74, 6) is 1.15. The van der Waals surface area contributed by atoms with Crippen LogP contribution in [0.4, 0.5) is 0 Å². The smallest absolute Gasteiger partial charge is 0.305 e. The minimum absolute atomic E-state index is 0.0217. The van der Waals surface area contributed by atoms with Crippen LogP contribution in [0.25, 0.3) is 0 Å². The van der Waals surface area contributed by atoms with Crippen molar-refractivity contribution in [1.82, 2.24) is 9.80 Å². The lowest BCUT2D eigenvalue weighted by Gasteiger charge is -2.38. The third-order valence-corrected chi connectivity index (χ3v) is 13.9. The maximum atomic E-state index is 12.8. The Balaban J connectivity index is 2.55. The van der Waals surface area contributed by atoms with E-state index in [4.69, 9.17) is 9.47 Å². The molecule has 8 heteroatoms. The minimum atomic E-state index is -0.667. The fourth-order valence-electron chi connectivity index (χ4n) is 9.40. The molecule has 3 unspecified atom stereocenters. The van der Waals surface area contributed by atoms with Gasteiger partial charge < -0.3 is 29.5 Å². The Bertz CT molecular complexity index is 994. The van der Waals surface area contributed by atoms with E-state index in [9.17, 15) is 19.8 Å². The van der Waals surface area contributed by atoms with Gasteiger partial charge in [0.25, 0.3) is 0 Å². The van der Waals surface area contributed by atoms with Gasteiger partial charge in [0.15, 0.2) is 6.29 Å². The summed E-state index contributed by atoms with van der Waals surface area (Å²) < 4.78 is 12.0. The van der Waals surface area contributed by atoms with E-state index in [-0.39, 0.29) is 24.9 Å². The topological polar surface area (TPSA) is 99.5 Å². The first kappa shape index (κ1) is 59.8. The van der Waals surface area contributed by atoms with Crippen LogP contribution in [0.1, 0.15) is 272 Å². The Morgan fingerprint density at radius 2 is 0.921 bits per heavy atom. The third kappa shape index (κ3) is 35.6. The molecule has 1 fully saturated rings. The molecule has 1 aliphatic rings. The molecule has 2 N–H and O–H groups in total. The molecule has 63 heavy (non-hydrogen) atoms. The number of ether oxygens (including phenoxy) is 2. The molecule has 1 rings (SSSR count). The predicted molar refractivity (Wildman–Crippen MR) is 267 cm³/mol. The van der Waals surface area contributed by atoms with Crippen molar-refractivity contribution >= 4 is 11.9 Å². The first-order valence-electron chi connectivity index (χ1n) is 28.0. The Morgan fingerprint density at radius 3 is 1.41 bits per heavy atom. The molecule has 374 valence electrons. The maximum absolute atomic E-state index is 12.8. The van der Waals surface area contributed by atoms with Crippen molar-refractivity contribution in [1.29, 1.82) is 0 Å². The second-order valence-corrected chi connectivity index (χ2v) is 19.9. The number of hydrogen-bond donors (Lipinski definition) is 2. The van der Waals surface area contributed by atoms with Crippen LogP contribution in [-0.2, 0) is 19.1 Å². The molecule has 8 nitrogen and oxygen atoms in total. The standard InChI is InChI=1S/C55H108N2O6/c1-5-9-13-17-19-25-36-50(34-23-15-11-7-3)48-62-54(60)40-27-21-29-43-56(45-31-32-46-57(52-38-33-39-52)53(59)42-47-58)44-30-22-28-41-55(61)63-49-51(35-24-16-12-8-4)37-26-20-18-14-10-6-2/h50-52,54,58,60H,5-49H2,1-4H3. The molecule has 0 saturated heterocycles. The zero-order valence-corrected chi connectivity index (χ0v) is 42.6. The van der Waals surface area contributed by atoms with Crippen LogP contribution in [0.15, 0.2) is 0 Å². The maximum Gasteiger partial charge on any atom is 0.305 e. The second-order valence-electron chi connectivity index (χ2n) is 19.9. The number of unbranched alkanes of at least 4 members (excludes halogenated alkanes) is 21. The van der Waals surface area contributed by atoms with Crippen molar-refractivity contribution < 1.29 is 29.3 Å². The van der Waals surface area contributed by atoms with Crippen LogP contribution < -0.4 is 0 Å². The molecule has 1 saturated carbocycles. The van der Waals surface area contributed by atoms with Crippen LogP contribution in [0.5, 0.6) is 0 Å². The number of nitrogens with zero attached hydrogens (tertiary/aromatic N) is 2. The number of carbonyl (C=O) groups excluding carboxylic acids is 2. The molecule has 1 amide bonds. The average Bonchev–Trinajstić information content (AvgIpc) is 3.26. The summed E-state index contributed by atoms with van der Waals surface area (Å²) in [5, 5.41) is 20.2. The first-order valence-corrected chi connectivity index (χ1v) is 28.0. The van der Waals surface area contributed by atoms with E-state index in [0.717, 1.165) is 90.4 Å². The summed E-state index contributed by atoms with van der Waals surface area (Å²) >= 11 is 0. The van der Waals surface area contributed by atoms with Gasteiger partial charge in [-0.2, -0.15) is 0 Å². The number of carbonyl (C=O) groups is 2. The van der Waals surface area contributed by atoms with Crippen molar-refractivity contribution in [2.45, 2.75) is 284 Å². The van der Waals surface area contributed by atoms with Gasteiger partial charge in [-0.05, 0) is 121 Å². The van der Waals surface area contributed by atoms with Gasteiger partial charge in [-0.1, -0.05) is 169 Å². The quantitative estimate of drug-likeness (QED) is 0.0356. The number of aliphatic hydroxyl groups excluding tert-OH is 2. The van der Waals surface area contributed by atoms with Crippen LogP contribution in [0.3, 0.4) is 0 Å². The highest BCUT2D eigenvalue weighted by molar-refractivity contribution is 5.76. The van der Waals surface area contributed by atoms with Gasteiger partial charge in [0.2, 0.25) is 5.91 Å². The molecule has 0 aromatic rings. The molecule has 1 aliphatic carbocycles. The van der Waals surface area contributed by atoms with E-state index in [0.29, 0.717) is 43.9 Å². The predicted octanol–water partition coefficient (Wildman–Crippen LogP) is 14.5. The molecular weight excluding hydrogens is 785 g/mol. The van der Waals surface area contributed by atoms with E-state index >= 15 is 0 Å². The average molecular weight is 893 g/mol. The molecule has 0 aromatic carbocycles. The highest BCUT2D eigenvalue weighted by Gasteiger charge is 2.28. The van der Waals surface area contributed by atoms with Gasteiger partial charge >= 0.3 is 5.97 Å². The first-order chi connectivity index (χ1) is 30.9. The molecule has 3 atom stereocenters. The summed E-state index contributed by atoms with van der Waals surface area (Å²) in [6.07, 6.45) is 43.2. The van der Waals surface area contributed by atoms with Crippen molar-refractivity contribution in [3.05, 3.63) is 0 Å². The zero-order valence-electron chi connectivity index (χ0n) is 42.6. The fraction of sp³-hybridized carbons (Fsp3) is 0.964. The van der Waals surface area contributed by atoms with Gasteiger partial charge in [0.1, 0.15) is 0 Å². The molecule has 0 bridgehead atoms. The van der Waals surface area contributed by atoms with Gasteiger partial charge in [-0.25, -0.2) is 0 Å². The highest BCUT2D eigenvalue weighted by Crippen LogP contribution is 2.26. The van der Waals surface area contributed by atoms with E-state index < -0.39 is 6.29 Å². The normalized spacial score (nSPS) is 14.5. The van der Waals surface area contributed by atoms with Crippen LogP contribution in [0, 0.1) is 11.8 Å².